The van der Waals surface area contributed by atoms with Crippen LogP contribution in [0.25, 0.3) is 0 Å². The molecule has 1 amide bonds. The van der Waals surface area contributed by atoms with Crippen molar-refractivity contribution in [1.82, 2.24) is 9.88 Å². The predicted octanol–water partition coefficient (Wildman–Crippen LogP) is 1.21. The lowest BCUT2D eigenvalue weighted by Gasteiger charge is -2.27. The van der Waals surface area contributed by atoms with Gasteiger partial charge in [-0.15, -0.1) is 0 Å². The normalized spacial score (nSPS) is 32.5. The molecule has 1 saturated heterocycles. The summed E-state index contributed by atoms with van der Waals surface area (Å²) in [5.41, 5.74) is 6.70. The molecule has 1 unspecified atom stereocenters. The minimum atomic E-state index is 0.137. The lowest BCUT2D eigenvalue weighted by Crippen LogP contribution is -2.32. The van der Waals surface area contributed by atoms with Crippen molar-refractivity contribution in [2.75, 3.05) is 13.1 Å². The molecule has 0 spiro atoms. The highest BCUT2D eigenvalue weighted by atomic mass is 16.2. The molecule has 3 atom stereocenters. The molecule has 1 aromatic rings. The van der Waals surface area contributed by atoms with Crippen LogP contribution in [-0.2, 0) is 0 Å². The SMILES string of the molecule is NC1CC[C@@H]2CN(C(=O)c3ccc[nH]3)C[C@@H]2C1. The van der Waals surface area contributed by atoms with E-state index in [1.807, 2.05) is 17.0 Å². The highest BCUT2D eigenvalue weighted by Gasteiger charge is 2.38. The number of hydrogen-bond acceptors (Lipinski definition) is 2. The number of nitrogens with one attached hydrogen (secondary N) is 1. The van der Waals surface area contributed by atoms with Gasteiger partial charge in [0.1, 0.15) is 5.69 Å². The number of aromatic amines is 1. The van der Waals surface area contributed by atoms with Gasteiger partial charge in [0.05, 0.1) is 0 Å². The molecule has 3 rings (SSSR count). The number of fused-ring (bicyclic) bond motifs is 1. The van der Waals surface area contributed by atoms with Crippen molar-refractivity contribution < 1.29 is 4.79 Å². The maximum atomic E-state index is 12.2. The number of carbonyl (C=O) groups excluding carboxylic acids is 1. The summed E-state index contributed by atoms with van der Waals surface area (Å²) in [4.78, 5) is 17.2. The second-order valence-corrected chi connectivity index (χ2v) is 5.39. The van der Waals surface area contributed by atoms with Crippen LogP contribution in [0.1, 0.15) is 29.8 Å². The molecule has 3 N–H and O–H groups in total. The molecular formula is C13H19N3O. The van der Waals surface area contributed by atoms with Gasteiger partial charge in [-0.05, 0) is 43.2 Å². The number of nitrogens with two attached hydrogens (primary N) is 1. The molecular weight excluding hydrogens is 214 g/mol. The third-order valence-electron chi connectivity index (χ3n) is 4.21. The van der Waals surface area contributed by atoms with Gasteiger partial charge >= 0.3 is 0 Å². The van der Waals surface area contributed by atoms with E-state index in [0.29, 0.717) is 23.6 Å². The minimum Gasteiger partial charge on any atom is -0.357 e. The molecule has 2 heterocycles. The molecule has 1 aliphatic heterocycles. The van der Waals surface area contributed by atoms with Crippen molar-refractivity contribution in [2.45, 2.75) is 25.3 Å². The minimum absolute atomic E-state index is 0.137. The zero-order valence-electron chi connectivity index (χ0n) is 9.93. The summed E-state index contributed by atoms with van der Waals surface area (Å²) in [5.74, 6) is 1.43. The molecule has 1 aliphatic carbocycles. The fourth-order valence-corrected chi connectivity index (χ4v) is 3.27. The Bertz CT molecular complexity index is 401. The Balaban J connectivity index is 1.69. The summed E-state index contributed by atoms with van der Waals surface area (Å²) in [6.45, 7) is 1.80. The van der Waals surface area contributed by atoms with Crippen molar-refractivity contribution >= 4 is 5.91 Å². The van der Waals surface area contributed by atoms with E-state index in [4.69, 9.17) is 5.73 Å². The third-order valence-corrected chi connectivity index (χ3v) is 4.21. The Morgan fingerprint density at radius 3 is 2.94 bits per heavy atom. The number of carbonyl (C=O) groups is 1. The first-order valence-electron chi connectivity index (χ1n) is 6.42. The van der Waals surface area contributed by atoms with E-state index in [-0.39, 0.29) is 5.91 Å². The fourth-order valence-electron chi connectivity index (χ4n) is 3.27. The van der Waals surface area contributed by atoms with E-state index >= 15 is 0 Å². The zero-order chi connectivity index (χ0) is 11.8. The van der Waals surface area contributed by atoms with Crippen LogP contribution in [0.3, 0.4) is 0 Å². The highest BCUT2D eigenvalue weighted by molar-refractivity contribution is 5.92. The Labute approximate surface area is 101 Å². The summed E-state index contributed by atoms with van der Waals surface area (Å²) in [6.07, 6.45) is 5.18. The Morgan fingerprint density at radius 2 is 2.18 bits per heavy atom. The average Bonchev–Trinajstić information content (AvgIpc) is 2.96. The highest BCUT2D eigenvalue weighted by Crippen LogP contribution is 2.36. The van der Waals surface area contributed by atoms with Gasteiger partial charge in [-0.25, -0.2) is 0 Å². The monoisotopic (exact) mass is 233 g/mol. The summed E-state index contributed by atoms with van der Waals surface area (Å²) in [7, 11) is 0. The summed E-state index contributed by atoms with van der Waals surface area (Å²) < 4.78 is 0. The van der Waals surface area contributed by atoms with Gasteiger partial charge in [0.2, 0.25) is 0 Å². The van der Waals surface area contributed by atoms with Gasteiger partial charge in [-0.1, -0.05) is 0 Å². The molecule has 1 saturated carbocycles. The second-order valence-electron chi connectivity index (χ2n) is 5.39. The molecule has 17 heavy (non-hydrogen) atoms. The number of rotatable bonds is 1. The van der Waals surface area contributed by atoms with Crippen LogP contribution in [0.15, 0.2) is 18.3 Å². The molecule has 4 heteroatoms. The molecule has 1 aromatic heterocycles. The Kier molecular flexibility index (Phi) is 2.67. The third kappa shape index (κ3) is 1.97. The van der Waals surface area contributed by atoms with Crippen LogP contribution < -0.4 is 5.73 Å². The van der Waals surface area contributed by atoms with Crippen LogP contribution in [0, 0.1) is 11.8 Å². The van der Waals surface area contributed by atoms with E-state index in [1.165, 1.54) is 6.42 Å². The van der Waals surface area contributed by atoms with Crippen molar-refractivity contribution in [1.29, 1.82) is 0 Å². The van der Waals surface area contributed by atoms with Crippen molar-refractivity contribution in [3.05, 3.63) is 24.0 Å². The van der Waals surface area contributed by atoms with Gasteiger partial charge in [0, 0.05) is 25.3 Å². The smallest absolute Gasteiger partial charge is 0.270 e. The van der Waals surface area contributed by atoms with Crippen LogP contribution in [0.2, 0.25) is 0 Å². The van der Waals surface area contributed by atoms with E-state index < -0.39 is 0 Å². The van der Waals surface area contributed by atoms with Crippen LogP contribution in [0.4, 0.5) is 0 Å². The Hall–Kier alpha value is -1.29. The van der Waals surface area contributed by atoms with Gasteiger partial charge in [-0.2, -0.15) is 0 Å². The number of hydrogen-bond donors (Lipinski definition) is 2. The lowest BCUT2D eigenvalue weighted by atomic mass is 9.79. The molecule has 4 nitrogen and oxygen atoms in total. The average molecular weight is 233 g/mol. The molecule has 0 bridgehead atoms. The molecule has 2 aliphatic rings. The molecule has 0 radical (unpaired) electrons. The maximum Gasteiger partial charge on any atom is 0.270 e. The van der Waals surface area contributed by atoms with Gasteiger partial charge in [0.15, 0.2) is 0 Å². The zero-order valence-corrected chi connectivity index (χ0v) is 9.93. The number of amides is 1. The first-order valence-corrected chi connectivity index (χ1v) is 6.42. The summed E-state index contributed by atoms with van der Waals surface area (Å²) in [6, 6.07) is 4.05. The van der Waals surface area contributed by atoms with E-state index in [1.54, 1.807) is 6.20 Å². The topological polar surface area (TPSA) is 62.1 Å². The van der Waals surface area contributed by atoms with E-state index in [9.17, 15) is 4.79 Å². The largest absolute Gasteiger partial charge is 0.357 e. The quantitative estimate of drug-likeness (QED) is 0.766. The first-order chi connectivity index (χ1) is 8.24. The van der Waals surface area contributed by atoms with Crippen LogP contribution >= 0.6 is 0 Å². The predicted molar refractivity (Wildman–Crippen MR) is 65.5 cm³/mol. The van der Waals surface area contributed by atoms with Crippen molar-refractivity contribution in [3.8, 4) is 0 Å². The fraction of sp³-hybridized carbons (Fsp3) is 0.615. The van der Waals surface area contributed by atoms with Crippen LogP contribution in [0.5, 0.6) is 0 Å². The summed E-state index contributed by atoms with van der Waals surface area (Å²) >= 11 is 0. The Morgan fingerprint density at radius 1 is 1.35 bits per heavy atom. The number of H-pyrrole nitrogens is 1. The standard InChI is InChI=1S/C13H19N3O/c14-11-4-3-9-7-16(8-10(9)6-11)13(17)12-2-1-5-15-12/h1-2,5,9-11,15H,3-4,6-8,14H2/t9-,10+,11?/m1/s1. The van der Waals surface area contributed by atoms with Gasteiger partial charge in [0.25, 0.3) is 5.91 Å². The number of likely N-dealkylation sites (tertiary alicyclic amines) is 1. The van der Waals surface area contributed by atoms with Crippen LogP contribution in [-0.4, -0.2) is 34.9 Å². The van der Waals surface area contributed by atoms with Crippen molar-refractivity contribution in [2.24, 2.45) is 17.6 Å². The van der Waals surface area contributed by atoms with E-state index in [2.05, 4.69) is 4.98 Å². The van der Waals surface area contributed by atoms with Gasteiger partial charge < -0.3 is 15.6 Å². The summed E-state index contributed by atoms with van der Waals surface area (Å²) in [5, 5.41) is 0. The number of aromatic nitrogens is 1. The first kappa shape index (κ1) is 10.8. The number of nitrogens with zero attached hydrogens (tertiary/aromatic N) is 1. The van der Waals surface area contributed by atoms with Gasteiger partial charge in [-0.3, -0.25) is 4.79 Å². The second kappa shape index (κ2) is 4.18. The molecule has 92 valence electrons. The maximum absolute atomic E-state index is 12.2. The molecule has 0 aromatic carbocycles. The van der Waals surface area contributed by atoms with E-state index in [0.717, 1.165) is 25.9 Å². The molecule has 2 fully saturated rings. The lowest BCUT2D eigenvalue weighted by molar-refractivity contribution is 0.0779. The van der Waals surface area contributed by atoms with Crippen molar-refractivity contribution in [3.63, 3.8) is 0 Å².